The quantitative estimate of drug-likeness (QED) is 0.668. The maximum Gasteiger partial charge on any atom is 0.372 e. The highest BCUT2D eigenvalue weighted by Gasteiger charge is 2.64. The molecule has 1 aromatic heterocycles. The second kappa shape index (κ2) is 6.53. The third-order valence-corrected chi connectivity index (χ3v) is 9.49. The molecule has 1 aliphatic heterocycles. The molecule has 1 saturated heterocycles. The Morgan fingerprint density at radius 3 is 2.62 bits per heavy atom. The van der Waals surface area contributed by atoms with E-state index in [4.69, 9.17) is 9.05 Å². The van der Waals surface area contributed by atoms with Crippen molar-refractivity contribution < 1.29 is 37.7 Å². The third-order valence-electron chi connectivity index (χ3n) is 4.05. The average Bonchev–Trinajstić information content (AvgIpc) is 2.53. The van der Waals surface area contributed by atoms with E-state index in [0.29, 0.717) is 5.56 Å². The van der Waals surface area contributed by atoms with Crippen LogP contribution in [0.3, 0.4) is 0 Å². The third kappa shape index (κ3) is 3.22. The highest BCUT2D eigenvalue weighted by molar-refractivity contribution is 7.75. The van der Waals surface area contributed by atoms with Gasteiger partial charge in [-0.05, 0) is 23.8 Å². The van der Waals surface area contributed by atoms with Gasteiger partial charge in [0, 0.05) is 31.5 Å². The van der Waals surface area contributed by atoms with E-state index in [-0.39, 0.29) is 5.56 Å². The molecule has 3 rings (SSSR count). The molecule has 26 heavy (non-hydrogen) atoms. The average molecular weight is 403 g/mol. The number of phenols is 1. The molecule has 0 amide bonds. The van der Waals surface area contributed by atoms with Gasteiger partial charge in [0.1, 0.15) is 11.6 Å². The van der Waals surface area contributed by atoms with Crippen molar-refractivity contribution in [2.45, 2.75) is 17.8 Å². The van der Waals surface area contributed by atoms with Crippen LogP contribution in [-0.2, 0) is 24.6 Å². The molecule has 2 aromatic rings. The fraction of sp³-hybridized carbons (Fsp3) is 0.267. The van der Waals surface area contributed by atoms with Crippen molar-refractivity contribution in [3.8, 4) is 5.75 Å². The van der Waals surface area contributed by atoms with Crippen molar-refractivity contribution in [1.82, 2.24) is 4.98 Å². The van der Waals surface area contributed by atoms with Gasteiger partial charge in [-0.2, -0.15) is 0 Å². The Balaban J connectivity index is 1.99. The number of aromatic nitrogens is 1. The predicted octanol–water partition coefficient (Wildman–Crippen LogP) is 2.95. The summed E-state index contributed by atoms with van der Waals surface area (Å²) < 4.78 is 49.1. The number of hydrogen-bond donors (Lipinski definition) is 3. The lowest BCUT2D eigenvalue weighted by Gasteiger charge is -2.43. The summed E-state index contributed by atoms with van der Waals surface area (Å²) in [5.41, 5.74) is 0.160. The van der Waals surface area contributed by atoms with Gasteiger partial charge in [0.25, 0.3) is 0 Å². The Morgan fingerprint density at radius 2 is 2.04 bits per heavy atom. The molecule has 2 heterocycles. The molecule has 0 saturated carbocycles. The van der Waals surface area contributed by atoms with E-state index in [2.05, 4.69) is 4.98 Å². The van der Waals surface area contributed by atoms with E-state index in [1.165, 1.54) is 18.5 Å². The minimum absolute atomic E-state index is 0.189. The van der Waals surface area contributed by atoms with Crippen molar-refractivity contribution in [2.75, 3.05) is 6.66 Å². The standard InChI is InChI=1S/C15H16FNO7P2/c1-25(20)15(19,8-10-3-2-6-17-9-10)26(21,22)24-14(23-25)12-5-4-11(16)7-13(12)18/h2-7,9,14,18-19H,8H2,1H3,(H,21,22). The zero-order valence-electron chi connectivity index (χ0n) is 13.5. The number of halogens is 1. The van der Waals surface area contributed by atoms with E-state index >= 15 is 0 Å². The van der Waals surface area contributed by atoms with Crippen LogP contribution in [0.15, 0.2) is 42.7 Å². The van der Waals surface area contributed by atoms with Crippen molar-refractivity contribution in [3.63, 3.8) is 0 Å². The van der Waals surface area contributed by atoms with E-state index in [9.17, 15) is 28.6 Å². The van der Waals surface area contributed by atoms with Crippen LogP contribution in [0.2, 0.25) is 0 Å². The molecule has 0 aliphatic carbocycles. The number of aliphatic hydroxyl groups is 1. The van der Waals surface area contributed by atoms with Crippen molar-refractivity contribution >= 4 is 15.0 Å². The smallest absolute Gasteiger partial charge is 0.372 e. The largest absolute Gasteiger partial charge is 0.507 e. The molecular weight excluding hydrogens is 387 g/mol. The zero-order chi connectivity index (χ0) is 19.2. The van der Waals surface area contributed by atoms with Gasteiger partial charge in [0.05, 0.1) is 5.56 Å². The Kier molecular flexibility index (Phi) is 4.82. The second-order valence-electron chi connectivity index (χ2n) is 5.92. The van der Waals surface area contributed by atoms with Crippen LogP contribution in [0.1, 0.15) is 17.4 Å². The van der Waals surface area contributed by atoms with Crippen molar-refractivity contribution in [1.29, 1.82) is 0 Å². The van der Waals surface area contributed by atoms with Crippen LogP contribution in [0.25, 0.3) is 0 Å². The Hall–Kier alpha value is -1.60. The lowest BCUT2D eigenvalue weighted by molar-refractivity contribution is -0.0450. The molecular formula is C15H16FNO7P2. The van der Waals surface area contributed by atoms with Gasteiger partial charge in [0.2, 0.25) is 18.7 Å². The molecule has 4 atom stereocenters. The van der Waals surface area contributed by atoms with E-state index in [1.807, 2.05) is 0 Å². The molecule has 0 bridgehead atoms. The van der Waals surface area contributed by atoms with Gasteiger partial charge in [-0.3, -0.25) is 23.2 Å². The maximum absolute atomic E-state index is 13.1. The van der Waals surface area contributed by atoms with Crippen molar-refractivity contribution in [3.05, 3.63) is 59.7 Å². The summed E-state index contributed by atoms with van der Waals surface area (Å²) in [6, 6.07) is 5.87. The fourth-order valence-corrected chi connectivity index (χ4v) is 6.89. The van der Waals surface area contributed by atoms with Gasteiger partial charge < -0.3 is 15.1 Å². The zero-order valence-corrected chi connectivity index (χ0v) is 15.3. The van der Waals surface area contributed by atoms with E-state index in [0.717, 1.165) is 24.9 Å². The summed E-state index contributed by atoms with van der Waals surface area (Å²) in [6.45, 7) is 1.00. The number of phenolic OH excluding ortho intramolecular Hbond substituents is 1. The lowest BCUT2D eigenvalue weighted by Crippen LogP contribution is -2.37. The predicted molar refractivity (Wildman–Crippen MR) is 89.2 cm³/mol. The van der Waals surface area contributed by atoms with Gasteiger partial charge in [-0.1, -0.05) is 6.07 Å². The Labute approximate surface area is 148 Å². The first-order valence-electron chi connectivity index (χ1n) is 7.43. The van der Waals surface area contributed by atoms with E-state index in [1.54, 1.807) is 6.07 Å². The number of hydrogen-bond acceptors (Lipinski definition) is 7. The molecule has 1 fully saturated rings. The van der Waals surface area contributed by atoms with Gasteiger partial charge in [-0.25, -0.2) is 4.39 Å². The first-order chi connectivity index (χ1) is 12.1. The summed E-state index contributed by atoms with van der Waals surface area (Å²) in [5, 5.41) is 17.9. The van der Waals surface area contributed by atoms with Gasteiger partial charge >= 0.3 is 7.60 Å². The topological polar surface area (TPSA) is 126 Å². The number of pyridine rings is 1. The van der Waals surface area contributed by atoms with Crippen LogP contribution in [0, 0.1) is 5.82 Å². The minimum atomic E-state index is -4.91. The molecule has 0 spiro atoms. The number of rotatable bonds is 3. The summed E-state index contributed by atoms with van der Waals surface area (Å²) in [4.78, 5) is 14.2. The SMILES string of the molecule is CP1(=O)OC(c2ccc(F)cc2O)OP(=O)(O)C1(O)Cc1cccnc1. The summed E-state index contributed by atoms with van der Waals surface area (Å²) >= 11 is 0. The first kappa shape index (κ1) is 19.2. The first-order valence-corrected chi connectivity index (χ1v) is 11.1. The minimum Gasteiger partial charge on any atom is -0.507 e. The number of aromatic hydroxyl groups is 1. The maximum atomic E-state index is 13.1. The normalized spacial score (nSPS) is 34.5. The van der Waals surface area contributed by atoms with Gasteiger partial charge in [-0.15, -0.1) is 0 Å². The summed E-state index contributed by atoms with van der Waals surface area (Å²) in [6.07, 6.45) is 0.607. The molecule has 11 heteroatoms. The van der Waals surface area contributed by atoms with Crippen LogP contribution in [0.5, 0.6) is 5.75 Å². The van der Waals surface area contributed by atoms with E-state index < -0.39 is 44.3 Å². The highest BCUT2D eigenvalue weighted by Crippen LogP contribution is 2.79. The van der Waals surface area contributed by atoms with Crippen LogP contribution >= 0.6 is 15.0 Å². The number of nitrogens with zero attached hydrogens (tertiary/aromatic N) is 1. The molecule has 0 radical (unpaired) electrons. The Bertz CT molecular complexity index is 897. The lowest BCUT2D eigenvalue weighted by atomic mass is 10.2. The molecule has 1 aliphatic rings. The molecule has 1 aromatic carbocycles. The summed E-state index contributed by atoms with van der Waals surface area (Å²) in [5.74, 6) is -1.35. The molecule has 4 unspecified atom stereocenters. The number of benzene rings is 1. The Morgan fingerprint density at radius 1 is 1.31 bits per heavy atom. The highest BCUT2D eigenvalue weighted by atomic mass is 31.2. The van der Waals surface area contributed by atoms with Crippen LogP contribution in [-0.4, -0.2) is 31.8 Å². The van der Waals surface area contributed by atoms with Crippen LogP contribution in [0.4, 0.5) is 4.39 Å². The van der Waals surface area contributed by atoms with Crippen molar-refractivity contribution in [2.24, 2.45) is 0 Å². The van der Waals surface area contributed by atoms with Gasteiger partial charge in [0.15, 0.2) is 0 Å². The monoisotopic (exact) mass is 403 g/mol. The fourth-order valence-electron chi connectivity index (χ4n) is 2.58. The molecule has 8 nitrogen and oxygen atoms in total. The van der Waals surface area contributed by atoms with Crippen LogP contribution < -0.4 is 0 Å². The molecule has 140 valence electrons. The second-order valence-corrected chi connectivity index (χ2v) is 10.9. The molecule has 3 N–H and O–H groups in total. The summed E-state index contributed by atoms with van der Waals surface area (Å²) in [7, 11) is -9.08.